The molecular formula is C14H21NO5S. The lowest BCUT2D eigenvalue weighted by atomic mass is 10.3. The minimum Gasteiger partial charge on any atom is -0.492 e. The highest BCUT2D eigenvalue weighted by Crippen LogP contribution is 2.18. The third-order valence-corrected chi connectivity index (χ3v) is 4.53. The van der Waals surface area contributed by atoms with E-state index >= 15 is 0 Å². The number of benzene rings is 1. The average molecular weight is 315 g/mol. The number of hydrogen-bond donors (Lipinski definition) is 0. The summed E-state index contributed by atoms with van der Waals surface area (Å²) in [4.78, 5) is 0. The van der Waals surface area contributed by atoms with Gasteiger partial charge in [0, 0.05) is 13.1 Å². The third kappa shape index (κ3) is 4.87. The molecule has 0 bridgehead atoms. The quantitative estimate of drug-likeness (QED) is 0.795. The summed E-state index contributed by atoms with van der Waals surface area (Å²) in [5, 5.41) is 0. The van der Waals surface area contributed by atoms with E-state index in [-0.39, 0.29) is 12.0 Å². The Balaban J connectivity index is 1.80. The van der Waals surface area contributed by atoms with Crippen molar-refractivity contribution in [3.05, 3.63) is 24.3 Å². The molecule has 0 atom stereocenters. The molecule has 0 N–H and O–H groups in total. The molecule has 1 aliphatic heterocycles. The number of nitrogens with zero attached hydrogens (tertiary/aromatic N) is 1. The zero-order valence-corrected chi connectivity index (χ0v) is 13.1. The van der Waals surface area contributed by atoms with Gasteiger partial charge in [-0.3, -0.25) is 0 Å². The highest BCUT2D eigenvalue weighted by molar-refractivity contribution is 7.88. The fourth-order valence-corrected chi connectivity index (χ4v) is 3.13. The Morgan fingerprint density at radius 2 is 1.90 bits per heavy atom. The van der Waals surface area contributed by atoms with E-state index in [0.29, 0.717) is 32.1 Å². The van der Waals surface area contributed by atoms with E-state index < -0.39 is 10.0 Å². The van der Waals surface area contributed by atoms with Gasteiger partial charge >= 0.3 is 0 Å². The second-order valence-corrected chi connectivity index (χ2v) is 6.94. The minimum absolute atomic E-state index is 0.128. The third-order valence-electron chi connectivity index (χ3n) is 2.92. The van der Waals surface area contributed by atoms with Crippen molar-refractivity contribution in [2.24, 2.45) is 0 Å². The first-order valence-corrected chi connectivity index (χ1v) is 8.53. The van der Waals surface area contributed by atoms with E-state index in [4.69, 9.17) is 14.2 Å². The van der Waals surface area contributed by atoms with Crippen molar-refractivity contribution >= 4 is 10.0 Å². The van der Waals surface area contributed by atoms with Crippen LogP contribution < -0.4 is 9.47 Å². The molecule has 21 heavy (non-hydrogen) atoms. The minimum atomic E-state index is -3.29. The monoisotopic (exact) mass is 315 g/mol. The molecule has 0 aromatic heterocycles. The fourth-order valence-electron chi connectivity index (χ4n) is 1.95. The van der Waals surface area contributed by atoms with E-state index in [1.165, 1.54) is 4.31 Å². The Morgan fingerprint density at radius 1 is 1.24 bits per heavy atom. The maximum absolute atomic E-state index is 11.7. The molecule has 6 nitrogen and oxygen atoms in total. The SMILES string of the molecule is CC(C)Oc1ccc(OCCN2CCOCS2(=O)=O)cc1. The van der Waals surface area contributed by atoms with Crippen LogP contribution in [0.1, 0.15) is 13.8 Å². The van der Waals surface area contributed by atoms with Crippen molar-refractivity contribution in [2.45, 2.75) is 20.0 Å². The number of hydrogen-bond acceptors (Lipinski definition) is 5. The molecular weight excluding hydrogens is 294 g/mol. The summed E-state index contributed by atoms with van der Waals surface area (Å²) in [6.45, 7) is 5.38. The van der Waals surface area contributed by atoms with Crippen molar-refractivity contribution in [3.63, 3.8) is 0 Å². The van der Waals surface area contributed by atoms with Crippen LogP contribution in [0.5, 0.6) is 11.5 Å². The molecule has 0 radical (unpaired) electrons. The second kappa shape index (κ2) is 7.11. The molecule has 1 heterocycles. The molecule has 118 valence electrons. The van der Waals surface area contributed by atoms with Gasteiger partial charge in [-0.1, -0.05) is 0 Å². The van der Waals surface area contributed by atoms with Crippen molar-refractivity contribution in [2.75, 3.05) is 32.2 Å². The van der Waals surface area contributed by atoms with Crippen LogP contribution in [0.25, 0.3) is 0 Å². The van der Waals surface area contributed by atoms with Crippen LogP contribution in [-0.4, -0.2) is 51.1 Å². The van der Waals surface area contributed by atoms with Crippen LogP contribution >= 0.6 is 0 Å². The summed E-state index contributed by atoms with van der Waals surface area (Å²) in [6, 6.07) is 7.29. The Bertz CT molecular complexity index is 541. The molecule has 0 spiro atoms. The van der Waals surface area contributed by atoms with Gasteiger partial charge in [0.15, 0.2) is 5.94 Å². The van der Waals surface area contributed by atoms with Crippen molar-refractivity contribution in [1.82, 2.24) is 4.31 Å². The molecule has 1 saturated heterocycles. The number of sulfonamides is 1. The highest BCUT2D eigenvalue weighted by Gasteiger charge is 2.25. The van der Waals surface area contributed by atoms with Gasteiger partial charge in [-0.25, -0.2) is 8.42 Å². The smallest absolute Gasteiger partial charge is 0.238 e. The first-order chi connectivity index (χ1) is 9.97. The van der Waals surface area contributed by atoms with Gasteiger partial charge < -0.3 is 14.2 Å². The van der Waals surface area contributed by atoms with E-state index in [1.54, 1.807) is 0 Å². The van der Waals surface area contributed by atoms with Crippen LogP contribution in [0, 0.1) is 0 Å². The van der Waals surface area contributed by atoms with Crippen molar-refractivity contribution in [3.8, 4) is 11.5 Å². The molecule has 1 aliphatic rings. The first kappa shape index (κ1) is 16.1. The summed E-state index contributed by atoms with van der Waals surface area (Å²) in [5.74, 6) is 1.23. The Labute approximate surface area is 125 Å². The predicted octanol–water partition coefficient (Wildman–Crippen LogP) is 1.47. The van der Waals surface area contributed by atoms with Crippen molar-refractivity contribution in [1.29, 1.82) is 0 Å². The Hall–Kier alpha value is -1.31. The Morgan fingerprint density at radius 3 is 2.52 bits per heavy atom. The van der Waals surface area contributed by atoms with Gasteiger partial charge in [0.25, 0.3) is 0 Å². The first-order valence-electron chi connectivity index (χ1n) is 6.92. The summed E-state index contributed by atoms with van der Waals surface area (Å²) < 4.78 is 40.8. The lowest BCUT2D eigenvalue weighted by Crippen LogP contribution is -2.43. The van der Waals surface area contributed by atoms with Gasteiger partial charge in [0.2, 0.25) is 10.0 Å². The van der Waals surface area contributed by atoms with Gasteiger partial charge in [0.05, 0.1) is 12.7 Å². The van der Waals surface area contributed by atoms with Gasteiger partial charge in [-0.15, -0.1) is 0 Å². The molecule has 1 aromatic rings. The predicted molar refractivity (Wildman–Crippen MR) is 79.0 cm³/mol. The summed E-state index contributed by atoms with van der Waals surface area (Å²) in [6.07, 6.45) is 0.128. The van der Waals surface area contributed by atoms with E-state index in [0.717, 1.165) is 5.75 Å². The molecule has 2 rings (SSSR count). The lowest BCUT2D eigenvalue weighted by Gasteiger charge is -2.26. The zero-order valence-electron chi connectivity index (χ0n) is 12.3. The molecule has 0 saturated carbocycles. The molecule has 0 amide bonds. The fraction of sp³-hybridized carbons (Fsp3) is 0.571. The highest BCUT2D eigenvalue weighted by atomic mass is 32.2. The summed E-state index contributed by atoms with van der Waals surface area (Å²) in [7, 11) is -3.29. The normalized spacial score (nSPS) is 18.6. The number of ether oxygens (including phenoxy) is 3. The van der Waals surface area contributed by atoms with Gasteiger partial charge in [0.1, 0.15) is 18.1 Å². The molecule has 1 aromatic carbocycles. The second-order valence-electron chi connectivity index (χ2n) is 5.02. The summed E-state index contributed by atoms with van der Waals surface area (Å²) >= 11 is 0. The van der Waals surface area contributed by atoms with Crippen LogP contribution in [0.2, 0.25) is 0 Å². The van der Waals surface area contributed by atoms with Crippen LogP contribution in [-0.2, 0) is 14.8 Å². The maximum atomic E-state index is 11.7. The van der Waals surface area contributed by atoms with Gasteiger partial charge in [-0.05, 0) is 38.1 Å². The van der Waals surface area contributed by atoms with Crippen LogP contribution in [0.4, 0.5) is 0 Å². The van der Waals surface area contributed by atoms with Crippen molar-refractivity contribution < 1.29 is 22.6 Å². The standard InChI is InChI=1S/C14H21NO5S/c1-12(2)20-14-5-3-13(4-6-14)19-10-8-15-7-9-18-11-21(15,16)17/h3-6,12H,7-11H2,1-2H3. The average Bonchev–Trinajstić information content (AvgIpc) is 2.42. The lowest BCUT2D eigenvalue weighted by molar-refractivity contribution is 0.126. The van der Waals surface area contributed by atoms with E-state index in [2.05, 4.69) is 0 Å². The van der Waals surface area contributed by atoms with Crippen LogP contribution in [0.3, 0.4) is 0 Å². The van der Waals surface area contributed by atoms with Crippen LogP contribution in [0.15, 0.2) is 24.3 Å². The largest absolute Gasteiger partial charge is 0.492 e. The zero-order chi connectivity index (χ0) is 15.3. The number of rotatable bonds is 6. The maximum Gasteiger partial charge on any atom is 0.238 e. The molecule has 0 unspecified atom stereocenters. The Kier molecular flexibility index (Phi) is 5.44. The molecule has 0 aliphatic carbocycles. The van der Waals surface area contributed by atoms with E-state index in [9.17, 15) is 8.42 Å². The summed E-state index contributed by atoms with van der Waals surface area (Å²) in [5.41, 5.74) is 0. The molecule has 1 fully saturated rings. The topological polar surface area (TPSA) is 65.1 Å². The van der Waals surface area contributed by atoms with E-state index in [1.807, 2.05) is 38.1 Å². The van der Waals surface area contributed by atoms with Gasteiger partial charge in [-0.2, -0.15) is 4.31 Å². The molecule has 7 heteroatoms.